The van der Waals surface area contributed by atoms with Crippen LogP contribution in [0.1, 0.15) is 48.7 Å². The van der Waals surface area contributed by atoms with E-state index in [1.54, 1.807) is 10.9 Å². The van der Waals surface area contributed by atoms with Crippen molar-refractivity contribution in [1.82, 2.24) is 15.1 Å². The van der Waals surface area contributed by atoms with Gasteiger partial charge in [0.2, 0.25) is 0 Å². The van der Waals surface area contributed by atoms with Gasteiger partial charge in [0.25, 0.3) is 5.91 Å². The molecule has 4 nitrogen and oxygen atoms in total. The predicted molar refractivity (Wildman–Crippen MR) is 71.9 cm³/mol. The molecule has 1 aliphatic rings. The van der Waals surface area contributed by atoms with Crippen LogP contribution in [0, 0.1) is 0 Å². The van der Waals surface area contributed by atoms with E-state index in [0.29, 0.717) is 5.56 Å². The molecule has 0 aromatic carbocycles. The number of alkyl halides is 1. The predicted octanol–water partition coefficient (Wildman–Crippen LogP) is 2.26. The highest BCUT2D eigenvalue weighted by molar-refractivity contribution is 6.20. The number of halogens is 1. The molecule has 100 valence electrons. The molecule has 0 radical (unpaired) electrons. The van der Waals surface area contributed by atoms with Crippen LogP contribution < -0.4 is 5.32 Å². The van der Waals surface area contributed by atoms with Gasteiger partial charge in [-0.15, -0.1) is 11.6 Å². The Bertz CT molecular complexity index is 422. The second-order valence-corrected chi connectivity index (χ2v) is 5.56. The number of amides is 1. The normalized spacial score (nSPS) is 23.9. The fourth-order valence-electron chi connectivity index (χ4n) is 2.45. The van der Waals surface area contributed by atoms with Crippen molar-refractivity contribution in [2.75, 3.05) is 0 Å². The topological polar surface area (TPSA) is 46.9 Å². The van der Waals surface area contributed by atoms with Gasteiger partial charge in [0, 0.05) is 24.7 Å². The average Bonchev–Trinajstić information content (AvgIpc) is 2.73. The Morgan fingerprint density at radius 1 is 1.50 bits per heavy atom. The molecule has 1 fully saturated rings. The van der Waals surface area contributed by atoms with Gasteiger partial charge in [0.05, 0.1) is 11.3 Å². The van der Waals surface area contributed by atoms with Crippen LogP contribution in [-0.4, -0.2) is 27.1 Å². The molecule has 0 atom stereocenters. The van der Waals surface area contributed by atoms with Crippen LogP contribution in [0.2, 0.25) is 0 Å². The number of carbonyl (C=O) groups is 1. The summed E-state index contributed by atoms with van der Waals surface area (Å²) < 4.78 is 1.70. The second-order valence-electron chi connectivity index (χ2n) is 4.94. The van der Waals surface area contributed by atoms with Crippen LogP contribution >= 0.6 is 11.6 Å². The molecule has 5 heteroatoms. The molecule has 0 saturated heterocycles. The van der Waals surface area contributed by atoms with E-state index >= 15 is 0 Å². The van der Waals surface area contributed by atoms with E-state index in [2.05, 4.69) is 10.4 Å². The molecule has 0 aliphatic heterocycles. The molecular weight excluding hydrogens is 250 g/mol. The number of carbonyl (C=O) groups excluding carboxylic acids is 1. The van der Waals surface area contributed by atoms with Gasteiger partial charge in [-0.2, -0.15) is 5.10 Å². The van der Waals surface area contributed by atoms with E-state index in [-0.39, 0.29) is 17.3 Å². The first-order valence-electron chi connectivity index (χ1n) is 6.57. The van der Waals surface area contributed by atoms with E-state index in [9.17, 15) is 4.79 Å². The molecule has 1 aromatic rings. The third-order valence-corrected chi connectivity index (χ3v) is 3.91. The van der Waals surface area contributed by atoms with Crippen LogP contribution in [0.3, 0.4) is 0 Å². The maximum absolute atomic E-state index is 12.2. The molecule has 1 heterocycles. The second kappa shape index (κ2) is 5.74. The Hall–Kier alpha value is -1.03. The van der Waals surface area contributed by atoms with E-state index < -0.39 is 0 Å². The summed E-state index contributed by atoms with van der Waals surface area (Å²) in [4.78, 5) is 12.2. The Balaban J connectivity index is 1.99. The number of aryl methyl sites for hydroxylation is 2. The van der Waals surface area contributed by atoms with Crippen LogP contribution in [-0.2, 0) is 13.5 Å². The van der Waals surface area contributed by atoms with Crippen molar-refractivity contribution in [1.29, 1.82) is 0 Å². The lowest BCUT2D eigenvalue weighted by Gasteiger charge is -2.25. The van der Waals surface area contributed by atoms with Crippen LogP contribution in [0.15, 0.2) is 6.20 Å². The monoisotopic (exact) mass is 269 g/mol. The molecule has 18 heavy (non-hydrogen) atoms. The molecule has 1 amide bonds. The zero-order valence-corrected chi connectivity index (χ0v) is 11.7. The lowest BCUT2D eigenvalue weighted by atomic mass is 9.95. The lowest BCUT2D eigenvalue weighted by Crippen LogP contribution is -2.38. The van der Waals surface area contributed by atoms with Crippen molar-refractivity contribution >= 4 is 17.5 Å². The zero-order valence-electron chi connectivity index (χ0n) is 10.9. The first-order chi connectivity index (χ1) is 8.60. The highest BCUT2D eigenvalue weighted by Gasteiger charge is 2.23. The maximum atomic E-state index is 12.2. The summed E-state index contributed by atoms with van der Waals surface area (Å²) in [7, 11) is 1.84. The standard InChI is InChI=1S/C13H20ClN3O/c1-3-12-11(8-17(2)16-12)13(18)15-10-6-4-9(14)5-7-10/h8-10H,3-7H2,1-2H3,(H,15,18). The summed E-state index contributed by atoms with van der Waals surface area (Å²) in [6, 6.07) is 0.261. The summed E-state index contributed by atoms with van der Waals surface area (Å²) in [5.74, 6) is -0.00188. The minimum Gasteiger partial charge on any atom is -0.349 e. The zero-order chi connectivity index (χ0) is 13.1. The van der Waals surface area contributed by atoms with E-state index in [0.717, 1.165) is 37.8 Å². The van der Waals surface area contributed by atoms with Crippen LogP contribution in [0.25, 0.3) is 0 Å². The van der Waals surface area contributed by atoms with Crippen molar-refractivity contribution in [3.8, 4) is 0 Å². The number of rotatable bonds is 3. The molecule has 0 bridgehead atoms. The Labute approximate surface area is 113 Å². The molecule has 0 unspecified atom stereocenters. The summed E-state index contributed by atoms with van der Waals surface area (Å²) >= 11 is 6.06. The number of nitrogens with zero attached hydrogens (tertiary/aromatic N) is 2. The summed E-state index contributed by atoms with van der Waals surface area (Å²) in [5, 5.41) is 7.66. The van der Waals surface area contributed by atoms with E-state index in [4.69, 9.17) is 11.6 Å². The highest BCUT2D eigenvalue weighted by atomic mass is 35.5. The average molecular weight is 270 g/mol. The van der Waals surface area contributed by atoms with E-state index in [1.807, 2.05) is 14.0 Å². The van der Waals surface area contributed by atoms with Gasteiger partial charge in [-0.3, -0.25) is 9.48 Å². The molecule has 0 spiro atoms. The van der Waals surface area contributed by atoms with Crippen molar-refractivity contribution in [3.05, 3.63) is 17.5 Å². The van der Waals surface area contributed by atoms with Crippen molar-refractivity contribution < 1.29 is 4.79 Å². The minimum absolute atomic E-state index is 0.00188. The highest BCUT2D eigenvalue weighted by Crippen LogP contribution is 2.23. The number of nitrogens with one attached hydrogen (secondary N) is 1. The Kier molecular flexibility index (Phi) is 4.27. The van der Waals surface area contributed by atoms with Gasteiger partial charge < -0.3 is 5.32 Å². The SMILES string of the molecule is CCc1nn(C)cc1C(=O)NC1CCC(Cl)CC1. The van der Waals surface area contributed by atoms with Gasteiger partial charge >= 0.3 is 0 Å². The number of hydrogen-bond donors (Lipinski definition) is 1. The van der Waals surface area contributed by atoms with Crippen LogP contribution in [0.4, 0.5) is 0 Å². The molecule has 1 aromatic heterocycles. The summed E-state index contributed by atoms with van der Waals surface area (Å²) in [6.07, 6.45) is 6.49. The van der Waals surface area contributed by atoms with Gasteiger partial charge in [0.15, 0.2) is 0 Å². The molecular formula is C13H20ClN3O. The Morgan fingerprint density at radius 3 is 2.78 bits per heavy atom. The smallest absolute Gasteiger partial charge is 0.254 e. The van der Waals surface area contributed by atoms with Gasteiger partial charge in [-0.1, -0.05) is 6.92 Å². The largest absolute Gasteiger partial charge is 0.349 e. The third-order valence-electron chi connectivity index (χ3n) is 3.48. The van der Waals surface area contributed by atoms with Crippen molar-refractivity contribution in [3.63, 3.8) is 0 Å². The van der Waals surface area contributed by atoms with Gasteiger partial charge in [-0.05, 0) is 32.1 Å². The molecule has 2 rings (SSSR count). The number of hydrogen-bond acceptors (Lipinski definition) is 2. The Morgan fingerprint density at radius 2 is 2.17 bits per heavy atom. The summed E-state index contributed by atoms with van der Waals surface area (Å²) in [6.45, 7) is 2.01. The minimum atomic E-state index is -0.00188. The molecule has 1 N–H and O–H groups in total. The lowest BCUT2D eigenvalue weighted by molar-refractivity contribution is 0.0927. The quantitative estimate of drug-likeness (QED) is 0.856. The fraction of sp³-hybridized carbons (Fsp3) is 0.692. The van der Waals surface area contributed by atoms with Crippen molar-refractivity contribution in [2.24, 2.45) is 7.05 Å². The molecule has 1 saturated carbocycles. The summed E-state index contributed by atoms with van der Waals surface area (Å²) in [5.41, 5.74) is 1.56. The number of aromatic nitrogens is 2. The van der Waals surface area contributed by atoms with Gasteiger partial charge in [0.1, 0.15) is 0 Å². The van der Waals surface area contributed by atoms with Crippen LogP contribution in [0.5, 0.6) is 0 Å². The first-order valence-corrected chi connectivity index (χ1v) is 7.01. The van der Waals surface area contributed by atoms with Gasteiger partial charge in [-0.25, -0.2) is 0 Å². The third kappa shape index (κ3) is 3.05. The molecule has 1 aliphatic carbocycles. The first kappa shape index (κ1) is 13.4. The fourth-order valence-corrected chi connectivity index (χ4v) is 2.70. The van der Waals surface area contributed by atoms with E-state index in [1.165, 1.54) is 0 Å². The maximum Gasteiger partial charge on any atom is 0.254 e. The van der Waals surface area contributed by atoms with Crippen molar-refractivity contribution in [2.45, 2.75) is 50.4 Å².